The van der Waals surface area contributed by atoms with Crippen molar-refractivity contribution < 1.29 is 19.0 Å². The molecule has 134 valence electrons. The van der Waals surface area contributed by atoms with Crippen molar-refractivity contribution in [2.24, 2.45) is 0 Å². The molecular weight excluding hydrogens is 354 g/mol. The summed E-state index contributed by atoms with van der Waals surface area (Å²) in [5.41, 5.74) is 0. The molecule has 0 saturated heterocycles. The van der Waals surface area contributed by atoms with E-state index in [4.69, 9.17) is 14.2 Å². The Bertz CT molecular complexity index is 854. The Morgan fingerprint density at radius 1 is 1.00 bits per heavy atom. The molecule has 1 amide bonds. The molecule has 0 aliphatic carbocycles. The lowest BCUT2D eigenvalue weighted by molar-refractivity contribution is -0.118. The molecule has 0 spiro atoms. The number of benzene rings is 2. The molecule has 0 saturated carbocycles. The van der Waals surface area contributed by atoms with Crippen LogP contribution in [-0.2, 0) is 11.4 Å². The van der Waals surface area contributed by atoms with Gasteiger partial charge >= 0.3 is 0 Å². The van der Waals surface area contributed by atoms with Gasteiger partial charge in [0.1, 0.15) is 12.4 Å². The Morgan fingerprint density at radius 3 is 2.50 bits per heavy atom. The van der Waals surface area contributed by atoms with Gasteiger partial charge in [0, 0.05) is 0 Å². The summed E-state index contributed by atoms with van der Waals surface area (Å²) in [5.74, 6) is 1.59. The van der Waals surface area contributed by atoms with Crippen LogP contribution in [-0.4, -0.2) is 29.8 Å². The number of nitrogens with zero attached hydrogens (tertiary/aromatic N) is 2. The van der Waals surface area contributed by atoms with Gasteiger partial charge in [0.2, 0.25) is 5.13 Å². The Kier molecular flexibility index (Phi) is 6.00. The van der Waals surface area contributed by atoms with Gasteiger partial charge in [-0.25, -0.2) is 0 Å². The maximum absolute atomic E-state index is 11.9. The monoisotopic (exact) mass is 371 g/mol. The minimum Gasteiger partial charge on any atom is -0.493 e. The van der Waals surface area contributed by atoms with Gasteiger partial charge in [-0.05, 0) is 24.3 Å². The van der Waals surface area contributed by atoms with E-state index in [2.05, 4.69) is 15.5 Å². The van der Waals surface area contributed by atoms with Crippen molar-refractivity contribution >= 4 is 22.4 Å². The Balaban J connectivity index is 1.49. The van der Waals surface area contributed by atoms with Gasteiger partial charge in [-0.1, -0.05) is 41.7 Å². The molecule has 0 aliphatic heterocycles. The van der Waals surface area contributed by atoms with Crippen LogP contribution in [0.1, 0.15) is 5.01 Å². The molecule has 2 aromatic carbocycles. The van der Waals surface area contributed by atoms with Crippen molar-refractivity contribution in [3.63, 3.8) is 0 Å². The maximum atomic E-state index is 11.9. The molecule has 0 radical (unpaired) electrons. The van der Waals surface area contributed by atoms with Gasteiger partial charge in [-0.15, -0.1) is 10.2 Å². The van der Waals surface area contributed by atoms with Crippen molar-refractivity contribution in [2.45, 2.75) is 6.61 Å². The minimum atomic E-state index is -0.304. The van der Waals surface area contributed by atoms with Crippen molar-refractivity contribution in [1.29, 1.82) is 0 Å². The molecule has 8 heteroatoms. The minimum absolute atomic E-state index is 0.101. The van der Waals surface area contributed by atoms with Crippen molar-refractivity contribution in [3.05, 3.63) is 59.6 Å². The molecule has 1 heterocycles. The Hall–Kier alpha value is -3.13. The number of hydrogen-bond acceptors (Lipinski definition) is 7. The summed E-state index contributed by atoms with van der Waals surface area (Å²) >= 11 is 1.24. The van der Waals surface area contributed by atoms with Crippen molar-refractivity contribution in [1.82, 2.24) is 10.2 Å². The quantitative estimate of drug-likeness (QED) is 0.655. The van der Waals surface area contributed by atoms with Gasteiger partial charge in [-0.3, -0.25) is 10.1 Å². The van der Waals surface area contributed by atoms with Crippen LogP contribution in [0.2, 0.25) is 0 Å². The van der Waals surface area contributed by atoms with Crippen LogP contribution in [0.3, 0.4) is 0 Å². The zero-order chi connectivity index (χ0) is 18.2. The number of nitrogens with one attached hydrogen (secondary N) is 1. The smallest absolute Gasteiger partial charge is 0.264 e. The van der Waals surface area contributed by atoms with E-state index in [9.17, 15) is 4.79 Å². The standard InChI is InChI=1S/C18H17N3O4S/c1-23-14-9-5-6-10-15(14)25-12-17-20-21-18(26-17)19-16(22)11-24-13-7-3-2-4-8-13/h2-10H,11-12H2,1H3,(H,19,21,22). The van der Waals surface area contributed by atoms with Crippen LogP contribution in [0, 0.1) is 0 Å². The third-order valence-electron chi connectivity index (χ3n) is 3.25. The van der Waals surface area contributed by atoms with Crippen LogP contribution in [0.4, 0.5) is 5.13 Å². The first-order valence-electron chi connectivity index (χ1n) is 7.80. The number of para-hydroxylation sites is 3. The third-order valence-corrected chi connectivity index (χ3v) is 4.06. The second-order valence-corrected chi connectivity index (χ2v) is 6.15. The summed E-state index contributed by atoms with van der Waals surface area (Å²) in [7, 11) is 1.58. The first-order valence-corrected chi connectivity index (χ1v) is 8.62. The number of aromatic nitrogens is 2. The lowest BCUT2D eigenvalue weighted by Gasteiger charge is -2.08. The van der Waals surface area contributed by atoms with Crippen LogP contribution in [0.15, 0.2) is 54.6 Å². The topological polar surface area (TPSA) is 82.6 Å². The van der Waals surface area contributed by atoms with E-state index in [1.54, 1.807) is 19.2 Å². The molecule has 3 rings (SSSR count). The Labute approximate surface area is 154 Å². The highest BCUT2D eigenvalue weighted by Gasteiger charge is 2.10. The normalized spacial score (nSPS) is 10.2. The molecule has 1 N–H and O–H groups in total. The molecule has 0 aliphatic rings. The first-order chi connectivity index (χ1) is 12.7. The number of carbonyl (C=O) groups excluding carboxylic acids is 1. The van der Waals surface area contributed by atoms with Crippen molar-refractivity contribution in [3.8, 4) is 17.2 Å². The summed E-state index contributed by atoms with van der Waals surface area (Å²) in [6.45, 7) is 0.130. The van der Waals surface area contributed by atoms with E-state index in [-0.39, 0.29) is 19.1 Å². The van der Waals surface area contributed by atoms with Crippen LogP contribution < -0.4 is 19.5 Å². The fraction of sp³-hybridized carbons (Fsp3) is 0.167. The molecule has 0 unspecified atom stereocenters. The van der Waals surface area contributed by atoms with Gasteiger partial charge < -0.3 is 14.2 Å². The largest absolute Gasteiger partial charge is 0.493 e. The third kappa shape index (κ3) is 4.93. The van der Waals surface area contributed by atoms with Crippen LogP contribution in [0.25, 0.3) is 0 Å². The van der Waals surface area contributed by atoms with Crippen LogP contribution in [0.5, 0.6) is 17.2 Å². The summed E-state index contributed by atoms with van der Waals surface area (Å²) in [6, 6.07) is 16.5. The zero-order valence-corrected chi connectivity index (χ0v) is 14.9. The maximum Gasteiger partial charge on any atom is 0.264 e. The number of carbonyl (C=O) groups is 1. The van der Waals surface area contributed by atoms with Crippen LogP contribution >= 0.6 is 11.3 Å². The molecule has 3 aromatic rings. The number of methoxy groups -OCH3 is 1. The van der Waals surface area contributed by atoms with E-state index < -0.39 is 0 Å². The summed E-state index contributed by atoms with van der Waals surface area (Å²) in [4.78, 5) is 11.9. The number of ether oxygens (including phenoxy) is 3. The SMILES string of the molecule is COc1ccccc1OCc1nnc(NC(=O)COc2ccccc2)s1. The lowest BCUT2D eigenvalue weighted by atomic mass is 10.3. The molecule has 0 atom stereocenters. The highest BCUT2D eigenvalue weighted by Crippen LogP contribution is 2.27. The highest BCUT2D eigenvalue weighted by atomic mass is 32.1. The number of amides is 1. The predicted octanol–water partition coefficient (Wildman–Crippen LogP) is 3.14. The molecule has 7 nitrogen and oxygen atoms in total. The first kappa shape index (κ1) is 17.7. The van der Waals surface area contributed by atoms with E-state index in [1.807, 2.05) is 42.5 Å². The average Bonchev–Trinajstić information content (AvgIpc) is 3.13. The number of anilines is 1. The highest BCUT2D eigenvalue weighted by molar-refractivity contribution is 7.15. The predicted molar refractivity (Wildman–Crippen MR) is 97.8 cm³/mol. The van der Waals surface area contributed by atoms with Gasteiger partial charge in [0.25, 0.3) is 5.91 Å². The summed E-state index contributed by atoms with van der Waals surface area (Å²) < 4.78 is 16.3. The van der Waals surface area contributed by atoms with Gasteiger partial charge in [0.05, 0.1) is 7.11 Å². The fourth-order valence-electron chi connectivity index (χ4n) is 2.06. The number of rotatable bonds is 8. The molecule has 0 bridgehead atoms. The fourth-order valence-corrected chi connectivity index (χ4v) is 2.73. The lowest BCUT2D eigenvalue weighted by Crippen LogP contribution is -2.20. The molecular formula is C18H17N3O4S. The summed E-state index contributed by atoms with van der Waals surface area (Å²) in [6.07, 6.45) is 0. The molecule has 1 aromatic heterocycles. The molecule has 0 fully saturated rings. The zero-order valence-electron chi connectivity index (χ0n) is 14.0. The van der Waals surface area contributed by atoms with Gasteiger partial charge in [-0.2, -0.15) is 0 Å². The van der Waals surface area contributed by atoms with E-state index >= 15 is 0 Å². The second kappa shape index (κ2) is 8.82. The van der Waals surface area contributed by atoms with Crippen molar-refractivity contribution in [2.75, 3.05) is 19.0 Å². The van der Waals surface area contributed by atoms with E-state index in [0.717, 1.165) is 0 Å². The van der Waals surface area contributed by atoms with E-state index in [1.165, 1.54) is 11.3 Å². The second-order valence-electron chi connectivity index (χ2n) is 5.09. The average molecular weight is 371 g/mol. The van der Waals surface area contributed by atoms with E-state index in [0.29, 0.717) is 27.4 Å². The Morgan fingerprint density at radius 2 is 1.73 bits per heavy atom. The van der Waals surface area contributed by atoms with Gasteiger partial charge in [0.15, 0.2) is 23.1 Å². The molecule has 26 heavy (non-hydrogen) atoms. The summed E-state index contributed by atoms with van der Waals surface area (Å²) in [5, 5.41) is 11.6. The number of hydrogen-bond donors (Lipinski definition) is 1.